The molecule has 98 valence electrons. The van der Waals surface area contributed by atoms with Gasteiger partial charge >= 0.3 is 5.97 Å². The van der Waals surface area contributed by atoms with E-state index in [0.29, 0.717) is 11.3 Å². The summed E-state index contributed by atoms with van der Waals surface area (Å²) in [6.07, 6.45) is 1.57. The fraction of sp³-hybridized carbons (Fsp3) is 0.417. The van der Waals surface area contributed by atoms with Crippen LogP contribution < -0.4 is 5.32 Å². The maximum atomic E-state index is 11.8. The lowest BCUT2D eigenvalue weighted by Crippen LogP contribution is -2.31. The highest BCUT2D eigenvalue weighted by Gasteiger charge is 2.14. The Morgan fingerprint density at radius 3 is 2.56 bits per heavy atom. The van der Waals surface area contributed by atoms with Gasteiger partial charge in [-0.1, -0.05) is 0 Å². The number of amides is 1. The van der Waals surface area contributed by atoms with E-state index in [1.165, 1.54) is 17.6 Å². The van der Waals surface area contributed by atoms with Crippen molar-refractivity contribution in [3.63, 3.8) is 0 Å². The molecular formula is C12H16N2O4. The van der Waals surface area contributed by atoms with Crippen LogP contribution in [0.2, 0.25) is 0 Å². The minimum atomic E-state index is -0.494. The van der Waals surface area contributed by atoms with E-state index in [2.05, 4.69) is 10.1 Å². The molecule has 1 rings (SSSR count). The Bertz CT molecular complexity index is 476. The summed E-state index contributed by atoms with van der Waals surface area (Å²) in [4.78, 5) is 34.0. The number of Topliss-reactive ketones (excluding diaryl/α,β-unsaturated/α-hetero) is 1. The number of carbonyl (C=O) groups is 3. The van der Waals surface area contributed by atoms with E-state index in [9.17, 15) is 14.4 Å². The quantitative estimate of drug-likeness (QED) is 0.612. The third-order valence-corrected chi connectivity index (χ3v) is 2.34. The Labute approximate surface area is 105 Å². The number of carbonyl (C=O) groups excluding carboxylic acids is 3. The van der Waals surface area contributed by atoms with E-state index in [0.717, 1.165) is 0 Å². The molecule has 1 aromatic heterocycles. The first-order chi connectivity index (χ1) is 8.45. The lowest BCUT2D eigenvalue weighted by molar-refractivity contribution is -0.141. The van der Waals surface area contributed by atoms with Gasteiger partial charge in [-0.15, -0.1) is 0 Å². The molecule has 0 aromatic carbocycles. The van der Waals surface area contributed by atoms with Crippen molar-refractivity contribution >= 4 is 17.7 Å². The van der Waals surface area contributed by atoms with E-state index in [1.807, 2.05) is 0 Å². The zero-order chi connectivity index (χ0) is 13.7. The number of hydrogen-bond acceptors (Lipinski definition) is 4. The normalized spacial score (nSPS) is 9.94. The van der Waals surface area contributed by atoms with Crippen LogP contribution in [0.5, 0.6) is 0 Å². The number of rotatable bonds is 5. The minimum absolute atomic E-state index is 0.116. The Balaban J connectivity index is 2.67. The zero-order valence-electron chi connectivity index (χ0n) is 10.6. The van der Waals surface area contributed by atoms with Crippen LogP contribution in [-0.2, 0) is 16.6 Å². The first-order valence-electron chi connectivity index (χ1n) is 5.56. The number of ketones is 1. The second-order valence-corrected chi connectivity index (χ2v) is 3.77. The lowest BCUT2D eigenvalue weighted by Gasteiger charge is -2.05. The second-order valence-electron chi connectivity index (χ2n) is 3.77. The van der Waals surface area contributed by atoms with Crippen LogP contribution in [0.4, 0.5) is 0 Å². The van der Waals surface area contributed by atoms with Crippen molar-refractivity contribution in [2.45, 2.75) is 13.8 Å². The number of aromatic nitrogens is 1. The fourth-order valence-corrected chi connectivity index (χ4v) is 1.44. The molecule has 6 nitrogen and oxygen atoms in total. The predicted molar refractivity (Wildman–Crippen MR) is 64.4 cm³/mol. The smallest absolute Gasteiger partial charge is 0.325 e. The third-order valence-electron chi connectivity index (χ3n) is 2.34. The van der Waals surface area contributed by atoms with Crippen LogP contribution in [0.25, 0.3) is 0 Å². The summed E-state index contributed by atoms with van der Waals surface area (Å²) in [5, 5.41) is 2.43. The molecule has 1 N–H and O–H groups in total. The fourth-order valence-electron chi connectivity index (χ4n) is 1.44. The molecule has 0 aliphatic carbocycles. The number of esters is 1. The third kappa shape index (κ3) is 3.44. The van der Waals surface area contributed by atoms with Gasteiger partial charge in [0, 0.05) is 18.8 Å². The molecule has 6 heteroatoms. The number of ether oxygens (including phenoxy) is 1. The predicted octanol–water partition coefficient (Wildman–Crippen LogP) is 0.521. The maximum Gasteiger partial charge on any atom is 0.325 e. The highest BCUT2D eigenvalue weighted by Crippen LogP contribution is 2.07. The number of nitrogens with zero attached hydrogens (tertiary/aromatic N) is 1. The van der Waals surface area contributed by atoms with Crippen LogP contribution in [0.1, 0.15) is 34.7 Å². The molecule has 0 fully saturated rings. The number of hydrogen-bond donors (Lipinski definition) is 1. The molecule has 0 aliphatic rings. The van der Waals surface area contributed by atoms with Crippen LogP contribution in [0, 0.1) is 0 Å². The average Bonchev–Trinajstić information content (AvgIpc) is 2.69. The summed E-state index contributed by atoms with van der Waals surface area (Å²) in [5.41, 5.74) is 0.781. The second kappa shape index (κ2) is 6.00. The molecule has 0 saturated heterocycles. The molecule has 18 heavy (non-hydrogen) atoms. The average molecular weight is 252 g/mol. The van der Waals surface area contributed by atoms with Crippen molar-refractivity contribution < 1.29 is 19.1 Å². The maximum absolute atomic E-state index is 11.8. The Kier molecular flexibility index (Phi) is 4.65. The van der Waals surface area contributed by atoms with Crippen molar-refractivity contribution in [3.8, 4) is 0 Å². The number of nitrogens with one attached hydrogen (secondary N) is 1. The standard InChI is InChI=1S/C12H16N2O4/c1-4-18-11(16)6-13-12(17)10-5-9(8(2)15)7-14(10)3/h5,7H,4,6H2,1-3H3,(H,13,17). The SMILES string of the molecule is CCOC(=O)CNC(=O)c1cc(C(C)=O)cn1C. The van der Waals surface area contributed by atoms with Crippen LogP contribution in [0.15, 0.2) is 12.3 Å². The van der Waals surface area contributed by atoms with Gasteiger partial charge in [0.25, 0.3) is 5.91 Å². The van der Waals surface area contributed by atoms with Crippen molar-refractivity contribution in [2.24, 2.45) is 7.05 Å². The Morgan fingerprint density at radius 2 is 2.06 bits per heavy atom. The van der Waals surface area contributed by atoms with Gasteiger partial charge < -0.3 is 14.6 Å². The molecule has 0 aliphatic heterocycles. The van der Waals surface area contributed by atoms with Gasteiger partial charge in [0.15, 0.2) is 5.78 Å². The van der Waals surface area contributed by atoms with Crippen molar-refractivity contribution in [3.05, 3.63) is 23.5 Å². The van der Waals surface area contributed by atoms with Gasteiger partial charge in [0.1, 0.15) is 12.2 Å². The first kappa shape index (κ1) is 14.0. The zero-order valence-corrected chi connectivity index (χ0v) is 10.6. The van der Waals surface area contributed by atoms with E-state index in [4.69, 9.17) is 0 Å². The molecule has 1 aromatic rings. The number of aryl methyl sites for hydroxylation is 1. The van der Waals surface area contributed by atoms with Gasteiger partial charge in [-0.25, -0.2) is 0 Å². The van der Waals surface area contributed by atoms with Crippen molar-refractivity contribution in [1.82, 2.24) is 9.88 Å². The van der Waals surface area contributed by atoms with Crippen LogP contribution >= 0.6 is 0 Å². The van der Waals surface area contributed by atoms with E-state index in [1.54, 1.807) is 20.2 Å². The minimum Gasteiger partial charge on any atom is -0.465 e. The summed E-state index contributed by atoms with van der Waals surface area (Å²) in [5.74, 6) is -1.03. The molecule has 0 spiro atoms. The highest BCUT2D eigenvalue weighted by atomic mass is 16.5. The molecule has 0 radical (unpaired) electrons. The van der Waals surface area contributed by atoms with Crippen LogP contribution in [-0.4, -0.2) is 35.4 Å². The largest absolute Gasteiger partial charge is 0.465 e. The molecule has 0 bridgehead atoms. The Hall–Kier alpha value is -2.11. The molecule has 0 atom stereocenters. The van der Waals surface area contributed by atoms with Gasteiger partial charge in [-0.05, 0) is 19.9 Å². The summed E-state index contributed by atoms with van der Waals surface area (Å²) >= 11 is 0. The van der Waals surface area contributed by atoms with Crippen molar-refractivity contribution in [1.29, 1.82) is 0 Å². The van der Waals surface area contributed by atoms with Gasteiger partial charge in [0.2, 0.25) is 0 Å². The molecule has 1 heterocycles. The highest BCUT2D eigenvalue weighted by molar-refractivity contribution is 6.00. The molecular weight excluding hydrogens is 236 g/mol. The monoisotopic (exact) mass is 252 g/mol. The van der Waals surface area contributed by atoms with Crippen molar-refractivity contribution in [2.75, 3.05) is 13.2 Å². The topological polar surface area (TPSA) is 77.4 Å². The summed E-state index contributed by atoms with van der Waals surface area (Å²) in [6.45, 7) is 3.20. The molecule has 0 unspecified atom stereocenters. The van der Waals surface area contributed by atoms with Gasteiger partial charge in [-0.2, -0.15) is 0 Å². The molecule has 1 amide bonds. The Morgan fingerprint density at radius 1 is 1.39 bits per heavy atom. The summed E-state index contributed by atoms with van der Waals surface area (Å²) in [6, 6.07) is 1.49. The first-order valence-corrected chi connectivity index (χ1v) is 5.56. The van der Waals surface area contributed by atoms with Gasteiger partial charge in [0.05, 0.1) is 6.61 Å². The summed E-state index contributed by atoms with van der Waals surface area (Å²) in [7, 11) is 1.66. The van der Waals surface area contributed by atoms with E-state index in [-0.39, 0.29) is 18.9 Å². The summed E-state index contributed by atoms with van der Waals surface area (Å²) < 4.78 is 6.23. The van der Waals surface area contributed by atoms with E-state index >= 15 is 0 Å². The van der Waals surface area contributed by atoms with E-state index < -0.39 is 11.9 Å². The molecule has 0 saturated carbocycles. The van der Waals surface area contributed by atoms with Gasteiger partial charge in [-0.3, -0.25) is 14.4 Å². The lowest BCUT2D eigenvalue weighted by atomic mass is 10.2. The van der Waals surface area contributed by atoms with Crippen LogP contribution in [0.3, 0.4) is 0 Å².